The molecule has 0 atom stereocenters. The van der Waals surface area contributed by atoms with E-state index in [0.29, 0.717) is 60.2 Å². The molecule has 1 aliphatic rings. The van der Waals surface area contributed by atoms with Gasteiger partial charge in [0.25, 0.3) is 5.91 Å². The van der Waals surface area contributed by atoms with Gasteiger partial charge in [0.05, 0.1) is 28.4 Å². The second-order valence-electron chi connectivity index (χ2n) is 9.82. The Bertz CT molecular complexity index is 1740. The van der Waals surface area contributed by atoms with Crippen LogP contribution in [0.3, 0.4) is 0 Å². The van der Waals surface area contributed by atoms with E-state index in [1.165, 1.54) is 17.3 Å². The number of benzene rings is 4. The summed E-state index contributed by atoms with van der Waals surface area (Å²) >= 11 is 20.7. The van der Waals surface area contributed by atoms with E-state index in [-0.39, 0.29) is 5.91 Å². The van der Waals surface area contributed by atoms with Gasteiger partial charge < -0.3 is 9.47 Å². The second kappa shape index (κ2) is 12.8. The Balaban J connectivity index is 1.49. The minimum Gasteiger partial charge on any atom is -0.493 e. The summed E-state index contributed by atoms with van der Waals surface area (Å²) in [7, 11) is 1.55. The van der Waals surface area contributed by atoms with Crippen LogP contribution in [0.1, 0.15) is 27.8 Å². The lowest BCUT2D eigenvalue weighted by atomic mass is 10.1. The standard InChI is InChI=1S/C33H27Cl3N2O3S/c1-19-5-9-22(10-6-19)18-41-31-28(36)13-23(14-29(31)40-4)15-30-32(39)38(25-12-8-21(3)27(35)17-25)33(42-30)37-24-11-7-20(2)26(34)16-24/h5-17H,18H2,1-4H3/b30-15+,37-33?. The first-order chi connectivity index (χ1) is 20.1. The SMILES string of the molecule is COc1cc(/C=C2/SC(=Nc3ccc(C)c(Cl)c3)N(c3ccc(C)c(Cl)c3)C2=O)cc(Cl)c1OCc1ccc(C)cc1. The topological polar surface area (TPSA) is 51.1 Å². The third kappa shape index (κ3) is 6.63. The zero-order chi connectivity index (χ0) is 30.0. The second-order valence-corrected chi connectivity index (χ2v) is 12.1. The van der Waals surface area contributed by atoms with Crippen molar-refractivity contribution in [3.8, 4) is 11.5 Å². The van der Waals surface area contributed by atoms with Gasteiger partial charge in [0.15, 0.2) is 16.7 Å². The van der Waals surface area contributed by atoms with Crippen LogP contribution in [0.2, 0.25) is 15.1 Å². The monoisotopic (exact) mass is 636 g/mol. The number of halogens is 3. The normalized spacial score (nSPS) is 15.1. The number of hydrogen-bond acceptors (Lipinski definition) is 5. The quantitative estimate of drug-likeness (QED) is 0.189. The van der Waals surface area contributed by atoms with Crippen LogP contribution in [-0.2, 0) is 11.4 Å². The first-order valence-electron chi connectivity index (χ1n) is 13.0. The van der Waals surface area contributed by atoms with E-state index in [2.05, 4.69) is 0 Å². The van der Waals surface area contributed by atoms with Crippen molar-refractivity contribution in [3.63, 3.8) is 0 Å². The van der Waals surface area contributed by atoms with Crippen LogP contribution in [0, 0.1) is 20.8 Å². The van der Waals surface area contributed by atoms with Crippen LogP contribution in [0.15, 0.2) is 82.7 Å². The molecule has 9 heteroatoms. The molecule has 0 aromatic heterocycles. The van der Waals surface area contributed by atoms with Gasteiger partial charge in [-0.2, -0.15) is 0 Å². The Kier molecular flexibility index (Phi) is 9.19. The highest BCUT2D eigenvalue weighted by molar-refractivity contribution is 8.19. The molecule has 0 aliphatic carbocycles. The summed E-state index contributed by atoms with van der Waals surface area (Å²) in [5.41, 5.74) is 5.95. The molecular weight excluding hydrogens is 611 g/mol. The van der Waals surface area contributed by atoms with Gasteiger partial charge in [-0.1, -0.05) is 76.8 Å². The van der Waals surface area contributed by atoms with Gasteiger partial charge in [-0.05, 0) is 97.3 Å². The van der Waals surface area contributed by atoms with Gasteiger partial charge in [-0.25, -0.2) is 4.99 Å². The molecule has 1 fully saturated rings. The molecule has 5 rings (SSSR count). The molecular formula is C33H27Cl3N2O3S. The number of carbonyl (C=O) groups excluding carboxylic acids is 1. The highest BCUT2D eigenvalue weighted by Crippen LogP contribution is 2.41. The minimum absolute atomic E-state index is 0.244. The number of anilines is 1. The molecule has 0 N–H and O–H groups in total. The first kappa shape index (κ1) is 30.1. The van der Waals surface area contributed by atoms with E-state index in [9.17, 15) is 4.79 Å². The van der Waals surface area contributed by atoms with E-state index in [1.54, 1.807) is 42.4 Å². The van der Waals surface area contributed by atoms with E-state index in [1.807, 2.05) is 69.3 Å². The van der Waals surface area contributed by atoms with Crippen LogP contribution in [0.4, 0.5) is 11.4 Å². The van der Waals surface area contributed by atoms with Gasteiger partial charge in [0, 0.05) is 10.0 Å². The average Bonchev–Trinajstić information content (AvgIpc) is 3.26. The van der Waals surface area contributed by atoms with Crippen molar-refractivity contribution >= 4 is 75.1 Å². The third-order valence-electron chi connectivity index (χ3n) is 6.65. The maximum Gasteiger partial charge on any atom is 0.271 e. The van der Waals surface area contributed by atoms with Crippen LogP contribution in [-0.4, -0.2) is 18.2 Å². The molecule has 4 aromatic rings. The van der Waals surface area contributed by atoms with Crippen molar-refractivity contribution in [1.82, 2.24) is 0 Å². The van der Waals surface area contributed by atoms with E-state index >= 15 is 0 Å². The number of amidine groups is 1. The molecule has 4 aromatic carbocycles. The molecule has 1 saturated heterocycles. The van der Waals surface area contributed by atoms with Crippen molar-refractivity contribution in [2.24, 2.45) is 4.99 Å². The van der Waals surface area contributed by atoms with Crippen molar-refractivity contribution in [2.45, 2.75) is 27.4 Å². The molecule has 0 bridgehead atoms. The molecule has 0 saturated carbocycles. The maximum absolute atomic E-state index is 13.8. The molecule has 1 aliphatic heterocycles. The highest BCUT2D eigenvalue weighted by atomic mass is 35.5. The number of amides is 1. The molecule has 1 heterocycles. The Morgan fingerprint density at radius 2 is 1.55 bits per heavy atom. The average molecular weight is 638 g/mol. The summed E-state index contributed by atoms with van der Waals surface area (Å²) < 4.78 is 11.6. The number of aryl methyl sites for hydroxylation is 3. The third-order valence-corrected chi connectivity index (χ3v) is 8.72. The lowest BCUT2D eigenvalue weighted by molar-refractivity contribution is -0.113. The van der Waals surface area contributed by atoms with Crippen LogP contribution < -0.4 is 14.4 Å². The summed E-state index contributed by atoms with van der Waals surface area (Å²) in [4.78, 5) is 20.6. The number of methoxy groups -OCH3 is 1. The van der Waals surface area contributed by atoms with E-state index in [0.717, 1.165) is 16.7 Å². The Labute approximate surface area is 264 Å². The van der Waals surface area contributed by atoms with E-state index < -0.39 is 0 Å². The highest BCUT2D eigenvalue weighted by Gasteiger charge is 2.35. The van der Waals surface area contributed by atoms with Crippen LogP contribution in [0.25, 0.3) is 6.08 Å². The molecule has 0 radical (unpaired) electrons. The van der Waals surface area contributed by atoms with Gasteiger partial charge >= 0.3 is 0 Å². The summed E-state index contributed by atoms with van der Waals surface area (Å²) in [5.74, 6) is 0.649. The van der Waals surface area contributed by atoms with Gasteiger partial charge in [-0.15, -0.1) is 0 Å². The Hall–Kier alpha value is -3.42. The number of ether oxygens (including phenoxy) is 2. The van der Waals surface area contributed by atoms with Crippen molar-refractivity contribution in [1.29, 1.82) is 0 Å². The number of nitrogens with zero attached hydrogens (tertiary/aromatic N) is 2. The van der Waals surface area contributed by atoms with Gasteiger partial charge in [0.2, 0.25) is 0 Å². The predicted molar refractivity (Wildman–Crippen MR) is 176 cm³/mol. The minimum atomic E-state index is -0.244. The molecule has 1 amide bonds. The van der Waals surface area contributed by atoms with Crippen molar-refractivity contribution in [3.05, 3.63) is 121 Å². The lowest BCUT2D eigenvalue weighted by Crippen LogP contribution is -2.28. The van der Waals surface area contributed by atoms with E-state index in [4.69, 9.17) is 49.3 Å². The van der Waals surface area contributed by atoms with Crippen LogP contribution in [0.5, 0.6) is 11.5 Å². The largest absolute Gasteiger partial charge is 0.493 e. The number of thioether (sulfide) groups is 1. The predicted octanol–water partition coefficient (Wildman–Crippen LogP) is 9.97. The molecule has 214 valence electrons. The van der Waals surface area contributed by atoms with Gasteiger partial charge in [-0.3, -0.25) is 9.69 Å². The zero-order valence-electron chi connectivity index (χ0n) is 23.4. The van der Waals surface area contributed by atoms with Crippen molar-refractivity contribution in [2.75, 3.05) is 12.0 Å². The summed E-state index contributed by atoms with van der Waals surface area (Å²) in [6, 6.07) is 22.6. The summed E-state index contributed by atoms with van der Waals surface area (Å²) in [5, 5.41) is 1.99. The molecule has 42 heavy (non-hydrogen) atoms. The first-order valence-corrected chi connectivity index (χ1v) is 15.0. The Morgan fingerprint density at radius 1 is 0.857 bits per heavy atom. The number of rotatable bonds is 7. The Morgan fingerprint density at radius 3 is 2.21 bits per heavy atom. The van der Waals surface area contributed by atoms with Crippen LogP contribution >= 0.6 is 46.6 Å². The fourth-order valence-electron chi connectivity index (χ4n) is 4.21. The molecule has 5 nitrogen and oxygen atoms in total. The number of carbonyl (C=O) groups is 1. The number of hydrogen-bond donors (Lipinski definition) is 0. The maximum atomic E-state index is 13.8. The fourth-order valence-corrected chi connectivity index (χ4v) is 5.84. The van der Waals surface area contributed by atoms with Crippen molar-refractivity contribution < 1.29 is 14.3 Å². The zero-order valence-corrected chi connectivity index (χ0v) is 26.5. The summed E-state index contributed by atoms with van der Waals surface area (Å²) in [6.07, 6.45) is 1.76. The van der Waals surface area contributed by atoms with Gasteiger partial charge in [0.1, 0.15) is 6.61 Å². The summed E-state index contributed by atoms with van der Waals surface area (Å²) in [6.45, 7) is 6.20. The lowest BCUT2D eigenvalue weighted by Gasteiger charge is -2.17. The fraction of sp³-hybridized carbons (Fsp3) is 0.152. The molecule has 0 unspecified atom stereocenters. The molecule has 0 spiro atoms. The number of aliphatic imine (C=N–C) groups is 1. The smallest absolute Gasteiger partial charge is 0.271 e.